The van der Waals surface area contributed by atoms with Crippen LogP contribution in [0.1, 0.15) is 55.8 Å². The topological polar surface area (TPSA) is 94.9 Å². The number of halogens is 4. The lowest BCUT2D eigenvalue weighted by Crippen LogP contribution is -2.62. The first-order chi connectivity index (χ1) is 20.3. The Morgan fingerprint density at radius 3 is 2.35 bits per heavy atom. The van der Waals surface area contributed by atoms with Crippen molar-refractivity contribution < 1.29 is 32.3 Å². The average molecular weight is 607 g/mol. The SMILES string of the molecule is CC(CC(F)(F)F)C(=O)N1CC[C@@](O)(Cn2cc(C(=O)N3CCNCC3)c(-c3ccccc3F)cc2=O)C2(CCCC2)C1. The molecule has 1 aromatic carbocycles. The van der Waals surface area contributed by atoms with Crippen molar-refractivity contribution in [3.8, 4) is 11.1 Å². The number of aliphatic hydroxyl groups is 1. The monoisotopic (exact) mass is 606 g/mol. The van der Waals surface area contributed by atoms with Gasteiger partial charge in [-0.3, -0.25) is 14.4 Å². The Balaban J connectivity index is 1.48. The standard InChI is InChI=1S/C31H38F4N4O4/c1-21(17-31(33,34)35)27(41)38-13-10-30(43,29(19-38)8-4-5-9-29)20-39-18-24(28(42)37-14-11-36-12-15-37)23(16-26(39)40)22-6-2-3-7-25(22)32/h2-3,6-7,16,18,21,36,43H,4-5,8-15,17,19-20H2,1H3/t21?,30-/m1/s1. The molecular weight excluding hydrogens is 568 g/mol. The summed E-state index contributed by atoms with van der Waals surface area (Å²) in [6.07, 6.45) is -1.56. The van der Waals surface area contributed by atoms with E-state index in [1.165, 1.54) is 46.9 Å². The van der Waals surface area contributed by atoms with E-state index in [9.17, 15) is 37.1 Å². The summed E-state index contributed by atoms with van der Waals surface area (Å²) in [5.41, 5.74) is -2.35. The fourth-order valence-corrected chi connectivity index (χ4v) is 7.12. The second-order valence-corrected chi connectivity index (χ2v) is 12.3. The van der Waals surface area contributed by atoms with Gasteiger partial charge in [-0.1, -0.05) is 38.0 Å². The lowest BCUT2D eigenvalue weighted by atomic mass is 9.65. The van der Waals surface area contributed by atoms with Crippen LogP contribution in [0.4, 0.5) is 17.6 Å². The number of piperazine rings is 1. The summed E-state index contributed by atoms with van der Waals surface area (Å²) >= 11 is 0. The molecule has 3 aliphatic rings. The first-order valence-electron chi connectivity index (χ1n) is 14.9. The Morgan fingerprint density at radius 2 is 1.70 bits per heavy atom. The van der Waals surface area contributed by atoms with Crippen molar-refractivity contribution in [2.75, 3.05) is 39.3 Å². The maximum Gasteiger partial charge on any atom is 0.389 e. The predicted molar refractivity (Wildman–Crippen MR) is 152 cm³/mol. The van der Waals surface area contributed by atoms with Gasteiger partial charge in [-0.15, -0.1) is 0 Å². The molecule has 2 aliphatic heterocycles. The van der Waals surface area contributed by atoms with Crippen LogP contribution in [-0.2, 0) is 11.3 Å². The van der Waals surface area contributed by atoms with Gasteiger partial charge in [0.05, 0.1) is 24.1 Å². The average Bonchev–Trinajstić information content (AvgIpc) is 3.44. The molecule has 5 rings (SSSR count). The number of nitrogens with zero attached hydrogens (tertiary/aromatic N) is 3. The normalized spacial score (nSPS) is 23.0. The zero-order chi connectivity index (χ0) is 31.0. The first kappa shape index (κ1) is 31.2. The number of nitrogens with one attached hydrogen (secondary N) is 1. The number of carbonyl (C=O) groups is 2. The summed E-state index contributed by atoms with van der Waals surface area (Å²) < 4.78 is 55.2. The predicted octanol–water partition coefficient (Wildman–Crippen LogP) is 3.81. The molecule has 1 spiro atoms. The Kier molecular flexibility index (Phi) is 8.72. The van der Waals surface area contributed by atoms with Gasteiger partial charge >= 0.3 is 6.18 Å². The quantitative estimate of drug-likeness (QED) is 0.488. The number of alkyl halides is 3. The highest BCUT2D eigenvalue weighted by Crippen LogP contribution is 2.52. The van der Waals surface area contributed by atoms with Crippen molar-refractivity contribution in [2.24, 2.45) is 11.3 Å². The van der Waals surface area contributed by atoms with Gasteiger partial charge in [0.15, 0.2) is 0 Å². The van der Waals surface area contributed by atoms with Gasteiger partial charge in [0.25, 0.3) is 11.5 Å². The van der Waals surface area contributed by atoms with Crippen LogP contribution in [0.15, 0.2) is 41.3 Å². The van der Waals surface area contributed by atoms with Crippen molar-refractivity contribution >= 4 is 11.8 Å². The molecule has 1 unspecified atom stereocenters. The molecule has 0 radical (unpaired) electrons. The maximum absolute atomic E-state index is 14.9. The molecule has 3 heterocycles. The minimum absolute atomic E-state index is 0.0495. The van der Waals surface area contributed by atoms with Gasteiger partial charge in [0, 0.05) is 74.0 Å². The van der Waals surface area contributed by atoms with Crippen LogP contribution in [0.25, 0.3) is 11.1 Å². The number of benzene rings is 1. The highest BCUT2D eigenvalue weighted by molar-refractivity contribution is 6.00. The summed E-state index contributed by atoms with van der Waals surface area (Å²) in [7, 11) is 0. The zero-order valence-corrected chi connectivity index (χ0v) is 24.3. The van der Waals surface area contributed by atoms with Gasteiger partial charge < -0.3 is 24.8 Å². The lowest BCUT2D eigenvalue weighted by Gasteiger charge is -2.52. The van der Waals surface area contributed by atoms with Crippen LogP contribution in [0.5, 0.6) is 0 Å². The van der Waals surface area contributed by atoms with E-state index in [1.807, 2.05) is 0 Å². The second-order valence-electron chi connectivity index (χ2n) is 12.3. The van der Waals surface area contributed by atoms with E-state index >= 15 is 0 Å². The Morgan fingerprint density at radius 1 is 1.02 bits per heavy atom. The van der Waals surface area contributed by atoms with Crippen molar-refractivity contribution in [1.29, 1.82) is 0 Å². The molecule has 2 atom stereocenters. The number of piperidine rings is 1. The van der Waals surface area contributed by atoms with Gasteiger partial charge in [-0.25, -0.2) is 4.39 Å². The summed E-state index contributed by atoms with van der Waals surface area (Å²) in [6, 6.07) is 7.15. The van der Waals surface area contributed by atoms with Crippen LogP contribution < -0.4 is 10.9 Å². The van der Waals surface area contributed by atoms with Crippen molar-refractivity contribution in [3.05, 3.63) is 58.3 Å². The van der Waals surface area contributed by atoms with Crippen LogP contribution in [0.3, 0.4) is 0 Å². The van der Waals surface area contributed by atoms with Crippen molar-refractivity contribution in [1.82, 2.24) is 19.7 Å². The minimum Gasteiger partial charge on any atom is -0.387 e. The van der Waals surface area contributed by atoms with E-state index in [1.54, 1.807) is 11.0 Å². The van der Waals surface area contributed by atoms with E-state index in [4.69, 9.17) is 0 Å². The number of hydrogen-bond acceptors (Lipinski definition) is 5. The molecule has 234 valence electrons. The fraction of sp³-hybridized carbons (Fsp3) is 0.581. The van der Waals surface area contributed by atoms with Gasteiger partial charge in [-0.2, -0.15) is 13.2 Å². The number of carbonyl (C=O) groups excluding carboxylic acids is 2. The first-order valence-corrected chi connectivity index (χ1v) is 14.9. The molecule has 2 aromatic rings. The third-order valence-corrected chi connectivity index (χ3v) is 9.46. The minimum atomic E-state index is -4.47. The molecule has 2 amide bonds. The number of hydrogen-bond donors (Lipinski definition) is 2. The third kappa shape index (κ3) is 6.35. The highest BCUT2D eigenvalue weighted by Gasteiger charge is 2.56. The van der Waals surface area contributed by atoms with Crippen LogP contribution in [0, 0.1) is 17.2 Å². The molecule has 1 aliphatic carbocycles. The van der Waals surface area contributed by atoms with Crippen molar-refractivity contribution in [2.45, 2.75) is 63.8 Å². The molecular formula is C31H38F4N4O4. The molecule has 1 aromatic heterocycles. The fourth-order valence-electron chi connectivity index (χ4n) is 7.12. The number of aromatic nitrogens is 1. The van der Waals surface area contributed by atoms with E-state index in [0.717, 1.165) is 12.8 Å². The molecule has 1 saturated carbocycles. The van der Waals surface area contributed by atoms with Crippen molar-refractivity contribution in [3.63, 3.8) is 0 Å². The number of amides is 2. The molecule has 43 heavy (non-hydrogen) atoms. The van der Waals surface area contributed by atoms with E-state index in [0.29, 0.717) is 39.0 Å². The Labute approximate surface area is 247 Å². The van der Waals surface area contributed by atoms with E-state index in [-0.39, 0.29) is 48.7 Å². The number of pyridine rings is 1. The molecule has 2 N–H and O–H groups in total. The van der Waals surface area contributed by atoms with Gasteiger partial charge in [0.1, 0.15) is 5.82 Å². The maximum atomic E-state index is 14.9. The molecule has 2 saturated heterocycles. The van der Waals surface area contributed by atoms with Gasteiger partial charge in [-0.05, 0) is 25.3 Å². The zero-order valence-electron chi connectivity index (χ0n) is 24.3. The van der Waals surface area contributed by atoms with Crippen LogP contribution in [-0.4, -0.2) is 82.3 Å². The molecule has 0 bridgehead atoms. The number of rotatable bonds is 6. The summed E-state index contributed by atoms with van der Waals surface area (Å²) in [6.45, 7) is 3.33. The van der Waals surface area contributed by atoms with E-state index < -0.39 is 46.8 Å². The van der Waals surface area contributed by atoms with Crippen LogP contribution in [0.2, 0.25) is 0 Å². The lowest BCUT2D eigenvalue weighted by molar-refractivity contribution is -0.172. The van der Waals surface area contributed by atoms with E-state index in [2.05, 4.69) is 5.32 Å². The largest absolute Gasteiger partial charge is 0.389 e. The summed E-state index contributed by atoms with van der Waals surface area (Å²) in [4.78, 5) is 43.4. The molecule has 3 fully saturated rings. The second kappa shape index (κ2) is 12.0. The third-order valence-electron chi connectivity index (χ3n) is 9.46. The Bertz CT molecular complexity index is 1420. The summed E-state index contributed by atoms with van der Waals surface area (Å²) in [5.74, 6) is -2.76. The Hall–Kier alpha value is -3.25. The highest BCUT2D eigenvalue weighted by atomic mass is 19.4. The smallest absolute Gasteiger partial charge is 0.387 e. The van der Waals surface area contributed by atoms with Gasteiger partial charge in [0.2, 0.25) is 5.91 Å². The molecule has 8 nitrogen and oxygen atoms in total. The van der Waals surface area contributed by atoms with Crippen LogP contribution >= 0.6 is 0 Å². The molecule has 12 heteroatoms. The number of likely N-dealkylation sites (tertiary alicyclic amines) is 1. The summed E-state index contributed by atoms with van der Waals surface area (Å²) in [5, 5.41) is 15.4.